The summed E-state index contributed by atoms with van der Waals surface area (Å²) in [5.74, 6) is 1.20. The third-order valence-corrected chi connectivity index (χ3v) is 6.72. The molecule has 3 aromatic rings. The zero-order valence-corrected chi connectivity index (χ0v) is 22.9. The summed E-state index contributed by atoms with van der Waals surface area (Å²) in [5, 5.41) is 8.34. The van der Waals surface area contributed by atoms with Gasteiger partial charge in [-0.1, -0.05) is 19.3 Å². The van der Waals surface area contributed by atoms with Crippen LogP contribution in [0.15, 0.2) is 54.6 Å². The minimum absolute atomic E-state index is 0.0513. The number of nitrogens with one attached hydrogen (secondary N) is 3. The topological polar surface area (TPSA) is 132 Å². The van der Waals surface area contributed by atoms with Crippen LogP contribution in [0, 0.1) is 0 Å². The molecular formula is C30H35N5O5. The Morgan fingerprint density at radius 1 is 0.775 bits per heavy atom. The fraction of sp³-hybridized carbons (Fsp3) is 0.367. The van der Waals surface area contributed by atoms with Crippen molar-refractivity contribution in [1.29, 1.82) is 0 Å². The first-order valence-corrected chi connectivity index (χ1v) is 13.5. The van der Waals surface area contributed by atoms with Gasteiger partial charge in [-0.3, -0.25) is 14.4 Å². The van der Waals surface area contributed by atoms with Gasteiger partial charge in [0.15, 0.2) is 5.82 Å². The first-order chi connectivity index (χ1) is 19.4. The molecule has 0 bridgehead atoms. The van der Waals surface area contributed by atoms with E-state index >= 15 is 0 Å². The van der Waals surface area contributed by atoms with Crippen LogP contribution in [0.5, 0.6) is 11.5 Å². The molecule has 3 amide bonds. The van der Waals surface area contributed by atoms with Crippen molar-refractivity contribution in [2.45, 2.75) is 51.0 Å². The van der Waals surface area contributed by atoms with E-state index in [0.29, 0.717) is 28.8 Å². The number of anilines is 1. The van der Waals surface area contributed by atoms with Crippen molar-refractivity contribution in [3.05, 3.63) is 54.6 Å². The molecule has 40 heavy (non-hydrogen) atoms. The molecule has 1 heterocycles. The van der Waals surface area contributed by atoms with Crippen molar-refractivity contribution in [2.75, 3.05) is 26.1 Å². The van der Waals surface area contributed by atoms with Gasteiger partial charge in [-0.15, -0.1) is 0 Å². The highest BCUT2D eigenvalue weighted by Gasteiger charge is 2.17. The minimum Gasteiger partial charge on any atom is -0.497 e. The van der Waals surface area contributed by atoms with Crippen molar-refractivity contribution < 1.29 is 23.9 Å². The fourth-order valence-corrected chi connectivity index (χ4v) is 4.52. The predicted octanol–water partition coefficient (Wildman–Crippen LogP) is 4.11. The van der Waals surface area contributed by atoms with E-state index in [1.165, 1.54) is 6.42 Å². The third kappa shape index (κ3) is 8.26. The Morgan fingerprint density at radius 3 is 2.00 bits per heavy atom. The minimum atomic E-state index is -0.373. The molecule has 10 heteroatoms. The molecule has 0 atom stereocenters. The number of methoxy groups -OCH3 is 2. The summed E-state index contributed by atoms with van der Waals surface area (Å²) in [6, 6.07) is 16.6. The Kier molecular flexibility index (Phi) is 10.0. The molecule has 0 aliphatic heterocycles. The molecule has 3 N–H and O–H groups in total. The van der Waals surface area contributed by atoms with Crippen LogP contribution in [-0.2, 0) is 14.4 Å². The quantitative estimate of drug-likeness (QED) is 0.330. The number of carbonyl (C=O) groups excluding carboxylic acids is 3. The van der Waals surface area contributed by atoms with Crippen molar-refractivity contribution >= 4 is 23.5 Å². The Hall–Kier alpha value is -4.47. The van der Waals surface area contributed by atoms with Crippen molar-refractivity contribution in [3.8, 4) is 34.1 Å². The number of amides is 3. The Morgan fingerprint density at radius 2 is 1.38 bits per heavy atom. The second-order valence-corrected chi connectivity index (χ2v) is 9.65. The highest BCUT2D eigenvalue weighted by molar-refractivity contribution is 5.93. The summed E-state index contributed by atoms with van der Waals surface area (Å²) in [6.45, 7) is -0.0979. The van der Waals surface area contributed by atoms with E-state index in [2.05, 4.69) is 20.9 Å². The SMILES string of the molecule is COc1ccc(-c2cc(NC(=O)CCC(=O)NCC(=O)NC3CCCCC3)nc(-c3ccc(OC)cc3)n2)cc1. The number of hydrogen-bond acceptors (Lipinski definition) is 7. The Balaban J connectivity index is 1.38. The highest BCUT2D eigenvalue weighted by Crippen LogP contribution is 2.27. The van der Waals surface area contributed by atoms with Gasteiger partial charge in [-0.05, 0) is 61.4 Å². The van der Waals surface area contributed by atoms with Crippen LogP contribution >= 0.6 is 0 Å². The van der Waals surface area contributed by atoms with Gasteiger partial charge in [0.05, 0.1) is 26.5 Å². The van der Waals surface area contributed by atoms with Crippen LogP contribution in [0.4, 0.5) is 5.82 Å². The lowest BCUT2D eigenvalue weighted by atomic mass is 9.95. The number of carbonyl (C=O) groups is 3. The number of benzene rings is 2. The maximum absolute atomic E-state index is 12.7. The molecule has 1 aliphatic rings. The largest absolute Gasteiger partial charge is 0.497 e. The summed E-state index contributed by atoms with van der Waals surface area (Å²) < 4.78 is 10.5. The van der Waals surface area contributed by atoms with Gasteiger partial charge in [0, 0.05) is 36.1 Å². The summed E-state index contributed by atoms with van der Waals surface area (Å²) in [4.78, 5) is 46.4. The van der Waals surface area contributed by atoms with Crippen LogP contribution in [0.25, 0.3) is 22.6 Å². The molecule has 210 valence electrons. The Bertz CT molecular complexity index is 1240. The number of hydrogen-bond donors (Lipinski definition) is 3. The van der Waals surface area contributed by atoms with Gasteiger partial charge in [-0.25, -0.2) is 9.97 Å². The lowest BCUT2D eigenvalue weighted by molar-refractivity contribution is -0.127. The van der Waals surface area contributed by atoms with E-state index in [1.807, 2.05) is 48.5 Å². The Labute approximate surface area is 233 Å². The van der Waals surface area contributed by atoms with Gasteiger partial charge >= 0.3 is 0 Å². The van der Waals surface area contributed by atoms with E-state index in [1.54, 1.807) is 20.3 Å². The molecule has 0 saturated heterocycles. The first-order valence-electron chi connectivity index (χ1n) is 13.5. The molecule has 0 spiro atoms. The fourth-order valence-electron chi connectivity index (χ4n) is 4.52. The predicted molar refractivity (Wildman–Crippen MR) is 152 cm³/mol. The standard InChI is InChI=1S/C30H35N5O5/c1-39-23-12-8-20(9-13-23)25-18-26(35-30(33-25)21-10-14-24(40-2)15-11-21)34-28(37)17-16-27(36)31-19-29(38)32-22-6-4-3-5-7-22/h8-15,18,22H,3-7,16-17,19H2,1-2H3,(H,31,36)(H,32,38)(H,33,34,35,37). The molecule has 2 aromatic carbocycles. The van der Waals surface area contributed by atoms with E-state index in [4.69, 9.17) is 14.5 Å². The molecule has 4 rings (SSSR count). The van der Waals surface area contributed by atoms with Crippen LogP contribution in [0.1, 0.15) is 44.9 Å². The second-order valence-electron chi connectivity index (χ2n) is 9.65. The normalized spacial score (nSPS) is 13.2. The van der Waals surface area contributed by atoms with Gasteiger partial charge in [0.25, 0.3) is 0 Å². The van der Waals surface area contributed by atoms with Gasteiger partial charge in [-0.2, -0.15) is 0 Å². The average Bonchev–Trinajstić information content (AvgIpc) is 2.99. The number of ether oxygens (including phenoxy) is 2. The summed E-state index contributed by atoms with van der Waals surface area (Å²) in [7, 11) is 3.19. The molecule has 1 aromatic heterocycles. The lowest BCUT2D eigenvalue weighted by Crippen LogP contribution is -2.42. The second kappa shape index (κ2) is 14.1. The molecule has 0 unspecified atom stereocenters. The van der Waals surface area contributed by atoms with E-state index in [-0.39, 0.29) is 43.1 Å². The van der Waals surface area contributed by atoms with Crippen molar-refractivity contribution in [3.63, 3.8) is 0 Å². The molecule has 10 nitrogen and oxygen atoms in total. The maximum Gasteiger partial charge on any atom is 0.239 e. The summed E-state index contributed by atoms with van der Waals surface area (Å²) in [5.41, 5.74) is 2.18. The van der Waals surface area contributed by atoms with Gasteiger partial charge in [0.1, 0.15) is 17.3 Å². The molecule has 1 aliphatic carbocycles. The third-order valence-electron chi connectivity index (χ3n) is 6.72. The van der Waals surface area contributed by atoms with Crippen LogP contribution in [0.3, 0.4) is 0 Å². The zero-order valence-electron chi connectivity index (χ0n) is 22.9. The summed E-state index contributed by atoms with van der Waals surface area (Å²) >= 11 is 0. The van der Waals surface area contributed by atoms with E-state index in [0.717, 1.165) is 36.8 Å². The van der Waals surface area contributed by atoms with Gasteiger partial charge < -0.3 is 25.4 Å². The smallest absolute Gasteiger partial charge is 0.239 e. The van der Waals surface area contributed by atoms with Crippen molar-refractivity contribution in [2.24, 2.45) is 0 Å². The van der Waals surface area contributed by atoms with Crippen LogP contribution in [-0.4, -0.2) is 54.5 Å². The summed E-state index contributed by atoms with van der Waals surface area (Å²) in [6.07, 6.45) is 5.27. The molecule has 1 fully saturated rings. The van der Waals surface area contributed by atoms with E-state index in [9.17, 15) is 14.4 Å². The number of rotatable bonds is 11. The lowest BCUT2D eigenvalue weighted by Gasteiger charge is -2.22. The van der Waals surface area contributed by atoms with Gasteiger partial charge in [0.2, 0.25) is 17.7 Å². The zero-order chi connectivity index (χ0) is 28.3. The first kappa shape index (κ1) is 28.5. The molecule has 0 radical (unpaired) electrons. The number of aromatic nitrogens is 2. The van der Waals surface area contributed by atoms with Crippen LogP contribution in [0.2, 0.25) is 0 Å². The van der Waals surface area contributed by atoms with E-state index < -0.39 is 0 Å². The monoisotopic (exact) mass is 545 g/mol. The van der Waals surface area contributed by atoms with Crippen LogP contribution < -0.4 is 25.4 Å². The molecular weight excluding hydrogens is 510 g/mol. The van der Waals surface area contributed by atoms with Crippen molar-refractivity contribution in [1.82, 2.24) is 20.6 Å². The average molecular weight is 546 g/mol. The molecule has 1 saturated carbocycles. The highest BCUT2D eigenvalue weighted by atomic mass is 16.5. The number of nitrogens with zero attached hydrogens (tertiary/aromatic N) is 2. The maximum atomic E-state index is 12.7.